The number of carbonyl (C=O) groups is 1. The Morgan fingerprint density at radius 1 is 1.07 bits per heavy atom. The maximum Gasteiger partial charge on any atom is 0.249 e. The molecule has 0 rings (SSSR count). The fourth-order valence-electron chi connectivity index (χ4n) is 1.54. The average Bonchev–Trinajstić information content (AvgIpc) is 2.17. The smallest absolute Gasteiger partial charge is 0.249 e. The number of rotatable bonds is 5. The molecule has 0 spiro atoms. The Labute approximate surface area is 93.5 Å². The van der Waals surface area contributed by atoms with Crippen molar-refractivity contribution in [3.8, 4) is 0 Å². The van der Waals surface area contributed by atoms with E-state index in [9.17, 15) is 4.79 Å². The van der Waals surface area contributed by atoms with E-state index in [0.717, 1.165) is 19.3 Å². The van der Waals surface area contributed by atoms with Crippen molar-refractivity contribution in [1.82, 2.24) is 5.48 Å². The molecule has 0 saturated heterocycles. The van der Waals surface area contributed by atoms with Crippen molar-refractivity contribution < 1.29 is 9.63 Å². The molecule has 0 aromatic rings. The summed E-state index contributed by atoms with van der Waals surface area (Å²) in [4.78, 5) is 17.3. The minimum absolute atomic E-state index is 0.00456. The van der Waals surface area contributed by atoms with Crippen LogP contribution in [0.5, 0.6) is 0 Å². The first-order valence-electron chi connectivity index (χ1n) is 5.79. The van der Waals surface area contributed by atoms with Gasteiger partial charge in [0.2, 0.25) is 5.91 Å². The standard InChI is InChI=1S/C12H25NO2/c1-7-12(8-2,9-3)10(14)13-15-11(4,5)6/h7-9H2,1-6H3,(H,13,14). The number of amides is 1. The largest absolute Gasteiger partial charge is 0.272 e. The lowest BCUT2D eigenvalue weighted by Crippen LogP contribution is -2.43. The van der Waals surface area contributed by atoms with Crippen LogP contribution in [0.15, 0.2) is 0 Å². The van der Waals surface area contributed by atoms with Gasteiger partial charge in [0.15, 0.2) is 0 Å². The Balaban J connectivity index is 4.40. The summed E-state index contributed by atoms with van der Waals surface area (Å²) in [5, 5.41) is 0. The van der Waals surface area contributed by atoms with Crippen molar-refractivity contribution in [3.05, 3.63) is 0 Å². The Morgan fingerprint density at radius 3 is 1.73 bits per heavy atom. The summed E-state index contributed by atoms with van der Waals surface area (Å²) in [6.45, 7) is 11.9. The molecule has 0 radical (unpaired) electrons. The maximum absolute atomic E-state index is 12.0. The number of hydrogen-bond acceptors (Lipinski definition) is 2. The summed E-state index contributed by atoms with van der Waals surface area (Å²) in [5.41, 5.74) is 1.97. The summed E-state index contributed by atoms with van der Waals surface area (Å²) in [6, 6.07) is 0. The summed E-state index contributed by atoms with van der Waals surface area (Å²) < 4.78 is 0. The second-order valence-corrected chi connectivity index (χ2v) is 4.99. The summed E-state index contributed by atoms with van der Waals surface area (Å²) >= 11 is 0. The van der Waals surface area contributed by atoms with E-state index in [0.29, 0.717) is 0 Å². The van der Waals surface area contributed by atoms with Gasteiger partial charge < -0.3 is 0 Å². The van der Waals surface area contributed by atoms with Crippen LogP contribution in [0, 0.1) is 5.41 Å². The highest BCUT2D eigenvalue weighted by atomic mass is 16.7. The molecule has 0 aromatic carbocycles. The second kappa shape index (κ2) is 5.50. The summed E-state index contributed by atoms with van der Waals surface area (Å²) in [7, 11) is 0. The normalized spacial score (nSPS) is 12.7. The van der Waals surface area contributed by atoms with Crippen LogP contribution in [0.25, 0.3) is 0 Å². The fourth-order valence-corrected chi connectivity index (χ4v) is 1.54. The minimum Gasteiger partial charge on any atom is -0.272 e. The monoisotopic (exact) mass is 215 g/mol. The van der Waals surface area contributed by atoms with Crippen molar-refractivity contribution in [2.45, 2.75) is 66.4 Å². The lowest BCUT2D eigenvalue weighted by atomic mass is 9.79. The zero-order chi connectivity index (χ0) is 12.1. The molecule has 0 fully saturated rings. The molecule has 1 N–H and O–H groups in total. The number of hydroxylamine groups is 1. The van der Waals surface area contributed by atoms with E-state index in [1.165, 1.54) is 0 Å². The molecule has 3 nitrogen and oxygen atoms in total. The Hall–Kier alpha value is -0.570. The molecule has 0 unspecified atom stereocenters. The van der Waals surface area contributed by atoms with E-state index in [-0.39, 0.29) is 16.9 Å². The molecular formula is C12H25NO2. The SMILES string of the molecule is CCC(CC)(CC)C(=O)NOC(C)(C)C. The van der Waals surface area contributed by atoms with E-state index >= 15 is 0 Å². The van der Waals surface area contributed by atoms with Crippen LogP contribution in [0.2, 0.25) is 0 Å². The van der Waals surface area contributed by atoms with Gasteiger partial charge in [0, 0.05) is 0 Å². The Morgan fingerprint density at radius 2 is 1.47 bits per heavy atom. The predicted molar refractivity (Wildman–Crippen MR) is 62.3 cm³/mol. The highest BCUT2D eigenvalue weighted by Crippen LogP contribution is 2.30. The molecule has 0 aliphatic rings. The van der Waals surface area contributed by atoms with Crippen molar-refractivity contribution in [1.29, 1.82) is 0 Å². The third kappa shape index (κ3) is 4.20. The molecule has 90 valence electrons. The first kappa shape index (κ1) is 14.4. The van der Waals surface area contributed by atoms with Crippen LogP contribution < -0.4 is 5.48 Å². The van der Waals surface area contributed by atoms with Crippen LogP contribution in [-0.4, -0.2) is 11.5 Å². The number of carbonyl (C=O) groups excluding carboxylic acids is 1. The maximum atomic E-state index is 12.0. The van der Waals surface area contributed by atoms with Crippen molar-refractivity contribution >= 4 is 5.91 Å². The predicted octanol–water partition coefficient (Wildman–Crippen LogP) is 3.05. The zero-order valence-electron chi connectivity index (χ0n) is 10.9. The van der Waals surface area contributed by atoms with Gasteiger partial charge in [-0.15, -0.1) is 0 Å². The van der Waals surface area contributed by atoms with Crippen LogP contribution in [0.1, 0.15) is 60.8 Å². The Bertz CT molecular complexity index is 194. The van der Waals surface area contributed by atoms with Gasteiger partial charge in [0.25, 0.3) is 0 Å². The topological polar surface area (TPSA) is 38.3 Å². The van der Waals surface area contributed by atoms with Gasteiger partial charge in [-0.25, -0.2) is 5.48 Å². The fraction of sp³-hybridized carbons (Fsp3) is 0.917. The van der Waals surface area contributed by atoms with E-state index in [2.05, 4.69) is 5.48 Å². The van der Waals surface area contributed by atoms with Crippen LogP contribution in [-0.2, 0) is 9.63 Å². The molecule has 1 amide bonds. The molecule has 0 aliphatic heterocycles. The molecule has 3 heteroatoms. The highest BCUT2D eigenvalue weighted by Gasteiger charge is 2.33. The van der Waals surface area contributed by atoms with E-state index in [1.54, 1.807) is 0 Å². The van der Waals surface area contributed by atoms with Crippen LogP contribution >= 0.6 is 0 Å². The van der Waals surface area contributed by atoms with Crippen LogP contribution in [0.3, 0.4) is 0 Å². The summed E-state index contributed by atoms with van der Waals surface area (Å²) in [6.07, 6.45) is 2.54. The molecule has 0 saturated carbocycles. The molecule has 15 heavy (non-hydrogen) atoms. The minimum atomic E-state index is -0.337. The van der Waals surface area contributed by atoms with Gasteiger partial charge >= 0.3 is 0 Å². The Kier molecular flexibility index (Phi) is 5.29. The molecule has 0 atom stereocenters. The second-order valence-electron chi connectivity index (χ2n) is 4.99. The summed E-state index contributed by atoms with van der Waals surface area (Å²) in [5.74, 6) is 0.00456. The van der Waals surface area contributed by atoms with E-state index in [1.807, 2.05) is 41.5 Å². The van der Waals surface area contributed by atoms with Gasteiger partial charge in [-0.1, -0.05) is 20.8 Å². The molecule has 0 heterocycles. The van der Waals surface area contributed by atoms with Crippen molar-refractivity contribution in [3.63, 3.8) is 0 Å². The van der Waals surface area contributed by atoms with Gasteiger partial charge in [-0.2, -0.15) is 0 Å². The number of nitrogens with one attached hydrogen (secondary N) is 1. The molecule has 0 aliphatic carbocycles. The average molecular weight is 215 g/mol. The third-order valence-electron chi connectivity index (χ3n) is 2.96. The highest BCUT2D eigenvalue weighted by molar-refractivity contribution is 5.81. The first-order chi connectivity index (χ1) is 6.81. The molecule has 0 aromatic heterocycles. The van der Waals surface area contributed by atoms with Gasteiger partial charge in [-0.3, -0.25) is 9.63 Å². The van der Waals surface area contributed by atoms with Crippen molar-refractivity contribution in [2.75, 3.05) is 0 Å². The van der Waals surface area contributed by atoms with Crippen LogP contribution in [0.4, 0.5) is 0 Å². The van der Waals surface area contributed by atoms with Gasteiger partial charge in [0.1, 0.15) is 0 Å². The lowest BCUT2D eigenvalue weighted by Gasteiger charge is -2.30. The zero-order valence-corrected chi connectivity index (χ0v) is 10.9. The quantitative estimate of drug-likeness (QED) is 0.716. The van der Waals surface area contributed by atoms with Crippen molar-refractivity contribution in [2.24, 2.45) is 5.41 Å². The first-order valence-corrected chi connectivity index (χ1v) is 5.79. The van der Waals surface area contributed by atoms with Gasteiger partial charge in [0.05, 0.1) is 11.0 Å². The number of hydrogen-bond donors (Lipinski definition) is 1. The molecule has 0 bridgehead atoms. The van der Waals surface area contributed by atoms with Gasteiger partial charge in [-0.05, 0) is 40.0 Å². The lowest BCUT2D eigenvalue weighted by molar-refractivity contribution is -0.156. The third-order valence-corrected chi connectivity index (χ3v) is 2.96. The van der Waals surface area contributed by atoms with E-state index < -0.39 is 0 Å². The molecular weight excluding hydrogens is 190 g/mol. The van der Waals surface area contributed by atoms with E-state index in [4.69, 9.17) is 4.84 Å².